The highest BCUT2D eigenvalue weighted by molar-refractivity contribution is 7.09. The van der Waals surface area contributed by atoms with E-state index < -0.39 is 0 Å². The van der Waals surface area contributed by atoms with E-state index in [1.54, 1.807) is 0 Å². The Kier molecular flexibility index (Phi) is 13.4. The molecule has 0 saturated carbocycles. The van der Waals surface area contributed by atoms with E-state index in [9.17, 15) is 0 Å². The van der Waals surface area contributed by atoms with Gasteiger partial charge in [-0.25, -0.2) is 0 Å². The number of hydrogen-bond acceptors (Lipinski definition) is 5. The van der Waals surface area contributed by atoms with Gasteiger partial charge in [0.05, 0.1) is 11.4 Å². The summed E-state index contributed by atoms with van der Waals surface area (Å²) in [6.07, 6.45) is 0. The van der Waals surface area contributed by atoms with Crippen molar-refractivity contribution in [1.82, 2.24) is 0 Å². The summed E-state index contributed by atoms with van der Waals surface area (Å²) in [6.45, 7) is -0.559. The summed E-state index contributed by atoms with van der Waals surface area (Å²) in [4.78, 5) is 10.2. The number of anilines is 13. The lowest BCUT2D eigenvalue weighted by Gasteiger charge is -2.53. The van der Waals surface area contributed by atoms with Gasteiger partial charge in [0.1, 0.15) is 0 Å². The largest absolute Gasteiger partial charge is 0.444 e. The zero-order valence-electron chi connectivity index (χ0n) is 53.1. The number of hydrogen-bond donors (Lipinski definition) is 0. The molecular weight excluding hydrogens is 1170 g/mol. The van der Waals surface area contributed by atoms with Crippen LogP contribution in [0.4, 0.5) is 73.9 Å². The molecule has 0 bridgehead atoms. The van der Waals surface area contributed by atoms with E-state index in [0.29, 0.717) is 0 Å². The van der Waals surface area contributed by atoms with Gasteiger partial charge in [-0.2, -0.15) is 0 Å². The van der Waals surface area contributed by atoms with Crippen molar-refractivity contribution in [3.05, 3.63) is 370 Å². The third-order valence-electron chi connectivity index (χ3n) is 20.1. The zero-order valence-corrected chi connectivity index (χ0v) is 53.1. The zero-order chi connectivity index (χ0) is 63.9. The Morgan fingerprint density at radius 1 is 0.196 bits per heavy atom. The van der Waals surface area contributed by atoms with Crippen molar-refractivity contribution in [1.29, 1.82) is 0 Å². The van der Waals surface area contributed by atoms with Crippen LogP contribution < -0.4 is 46.2 Å². The van der Waals surface area contributed by atoms with Crippen molar-refractivity contribution in [3.8, 4) is 66.8 Å². The summed E-state index contributed by atoms with van der Waals surface area (Å²) in [6, 6.07) is 137. The second-order valence-electron chi connectivity index (χ2n) is 25.4. The lowest BCUT2D eigenvalue weighted by molar-refractivity contribution is 1.24. The molecule has 15 aromatic carbocycles. The van der Waals surface area contributed by atoms with E-state index in [-0.39, 0.29) is 13.7 Å². The van der Waals surface area contributed by atoms with Crippen LogP contribution in [0, 0.1) is 0 Å². The Labute approximate surface area is 567 Å². The minimum Gasteiger partial charge on any atom is -0.444 e. The van der Waals surface area contributed by atoms with Gasteiger partial charge in [0, 0.05) is 95.9 Å². The van der Waals surface area contributed by atoms with Crippen LogP contribution >= 0.6 is 0 Å². The molecule has 4 heterocycles. The molecule has 0 atom stereocenters. The van der Waals surface area contributed by atoms with Crippen molar-refractivity contribution < 1.29 is 0 Å². The molecule has 0 aromatic heterocycles. The van der Waals surface area contributed by atoms with Crippen LogP contribution in [0.15, 0.2) is 370 Å². The predicted molar refractivity (Wildman–Crippen MR) is 410 cm³/mol. The summed E-state index contributed by atoms with van der Waals surface area (Å²) in [7, 11) is 0. The Morgan fingerprint density at radius 3 is 0.773 bits per heavy atom. The minimum atomic E-state index is -0.280. The van der Waals surface area contributed by atoms with E-state index in [2.05, 4.69) is 394 Å². The van der Waals surface area contributed by atoms with E-state index in [1.807, 2.05) is 0 Å². The van der Waals surface area contributed by atoms with E-state index >= 15 is 0 Å². The van der Waals surface area contributed by atoms with Crippen molar-refractivity contribution >= 4 is 109 Å². The molecule has 0 amide bonds. The fourth-order valence-electron chi connectivity index (χ4n) is 16.2. The van der Waals surface area contributed by atoms with Crippen LogP contribution in [0.1, 0.15) is 0 Å². The number of rotatable bonds is 12. The Bertz CT molecular complexity index is 4960. The number of nitrogens with zero attached hydrogens (tertiary/aromatic N) is 5. The third kappa shape index (κ3) is 9.04. The number of benzene rings is 15. The lowest BCUT2D eigenvalue weighted by atomic mass is 9.32. The first kappa shape index (κ1) is 56.0. The van der Waals surface area contributed by atoms with Crippen LogP contribution in [0.5, 0.6) is 0 Å². The van der Waals surface area contributed by atoms with Gasteiger partial charge in [0.25, 0.3) is 0 Å². The highest BCUT2D eigenvalue weighted by Crippen LogP contribution is 2.57. The van der Waals surface area contributed by atoms with Crippen LogP contribution in [0.3, 0.4) is 0 Å². The van der Waals surface area contributed by atoms with Crippen molar-refractivity contribution in [3.63, 3.8) is 0 Å². The summed E-state index contributed by atoms with van der Waals surface area (Å²) >= 11 is 0. The molecular formula is C90H61B2N5. The molecule has 7 heteroatoms. The number of para-hydroxylation sites is 9. The average Bonchev–Trinajstić information content (AvgIpc) is 0.669. The van der Waals surface area contributed by atoms with Crippen molar-refractivity contribution in [2.45, 2.75) is 0 Å². The SMILES string of the molecule is c1ccc(-c2cccc(-c3ccccc3)c2N2c3ccccc3B3c4c(cc(N(c5ccccc5)c5ccccc5)cc42)-c2cccc4c2N3B2c3ccccc3N(c3c(-c5ccccc5)cccc3-c3ccccc3)c3cc(N(c5ccccc5)c5ccccc5)cc-4c32)cc1. The summed E-state index contributed by atoms with van der Waals surface area (Å²) in [5.41, 5.74) is 33.4. The third-order valence-corrected chi connectivity index (χ3v) is 20.1. The summed E-state index contributed by atoms with van der Waals surface area (Å²) in [5, 5.41) is 0. The summed E-state index contributed by atoms with van der Waals surface area (Å²) in [5.74, 6) is 0. The van der Waals surface area contributed by atoms with Crippen LogP contribution in [-0.4, -0.2) is 13.7 Å². The van der Waals surface area contributed by atoms with Gasteiger partial charge in [0.15, 0.2) is 0 Å². The van der Waals surface area contributed by atoms with Gasteiger partial charge in [-0.3, -0.25) is 0 Å². The standard InChI is InChI=1S/C90H61B2N5/c1-9-32-62(33-10-1)72-48-29-49-73(63-34-11-2-12-35-63)88(72)95-82-56-27-25-54-80(82)91-86-78(58-70(60-84(86)95)93(66-40-17-5-18-41-66)67-42-19-6-20-43-67)76-52-31-53-77-79-59-71(94(68-44-21-7-22-45-68)69-46-23-8-24-47-69)61-85-87(79)92(97(91)90(76)77)81-55-26-28-57-83(81)96(85)89-74(64-36-13-3-14-37-64)50-30-51-75(89)65-38-15-4-16-39-65/h1-61H. The second kappa shape index (κ2) is 23.2. The van der Waals surface area contributed by atoms with E-state index in [1.165, 1.54) is 49.8 Å². The molecule has 0 unspecified atom stereocenters. The molecule has 97 heavy (non-hydrogen) atoms. The molecule has 4 aliphatic heterocycles. The molecule has 452 valence electrons. The van der Waals surface area contributed by atoms with Crippen molar-refractivity contribution in [2.75, 3.05) is 24.3 Å². The number of fused-ring (bicyclic) bond motifs is 8. The molecule has 0 spiro atoms. The van der Waals surface area contributed by atoms with Gasteiger partial charge in [-0.1, -0.05) is 285 Å². The highest BCUT2D eigenvalue weighted by atomic mass is 15.2. The van der Waals surface area contributed by atoms with Gasteiger partial charge in [-0.05, 0) is 140 Å². The molecule has 0 radical (unpaired) electrons. The smallest absolute Gasteiger partial charge is 0.316 e. The average molecular weight is 1230 g/mol. The maximum atomic E-state index is 2.87. The molecule has 0 saturated heterocycles. The Hall–Kier alpha value is -12.6. The lowest BCUT2D eigenvalue weighted by Crippen LogP contribution is -2.74. The highest BCUT2D eigenvalue weighted by Gasteiger charge is 2.54. The first-order chi connectivity index (χ1) is 48.2. The Morgan fingerprint density at radius 2 is 0.464 bits per heavy atom. The second-order valence-corrected chi connectivity index (χ2v) is 25.4. The predicted octanol–water partition coefficient (Wildman–Crippen LogP) is 21.2. The quantitative estimate of drug-likeness (QED) is 0.113. The molecule has 19 rings (SSSR count). The van der Waals surface area contributed by atoms with Crippen LogP contribution in [0.2, 0.25) is 0 Å². The van der Waals surface area contributed by atoms with E-state index in [4.69, 9.17) is 0 Å². The van der Waals surface area contributed by atoms with E-state index in [0.717, 1.165) is 113 Å². The first-order valence-corrected chi connectivity index (χ1v) is 33.6. The fraction of sp³-hybridized carbons (Fsp3) is 0. The van der Waals surface area contributed by atoms with Gasteiger partial charge in [-0.15, -0.1) is 0 Å². The van der Waals surface area contributed by atoms with Crippen molar-refractivity contribution in [2.24, 2.45) is 0 Å². The van der Waals surface area contributed by atoms with Crippen LogP contribution in [0.25, 0.3) is 66.8 Å². The minimum absolute atomic E-state index is 0.280. The van der Waals surface area contributed by atoms with Gasteiger partial charge < -0.3 is 24.3 Å². The fourth-order valence-corrected chi connectivity index (χ4v) is 16.2. The first-order valence-electron chi connectivity index (χ1n) is 33.6. The normalized spacial score (nSPS) is 12.6. The molecule has 0 fully saturated rings. The molecule has 4 aliphatic rings. The van der Waals surface area contributed by atoms with Crippen LogP contribution in [-0.2, 0) is 0 Å². The topological polar surface area (TPSA) is 16.2 Å². The van der Waals surface area contributed by atoms with Gasteiger partial charge in [0.2, 0.25) is 0 Å². The maximum absolute atomic E-state index is 2.87. The Balaban J connectivity index is 0.958. The maximum Gasteiger partial charge on any atom is 0.316 e. The molecule has 0 N–H and O–H groups in total. The molecule has 0 aliphatic carbocycles. The van der Waals surface area contributed by atoms with Gasteiger partial charge >= 0.3 is 13.7 Å². The molecule has 15 aromatic rings. The summed E-state index contributed by atoms with van der Waals surface area (Å²) < 4.78 is 2.87. The monoisotopic (exact) mass is 1230 g/mol. The molecule has 5 nitrogen and oxygen atoms in total.